The van der Waals surface area contributed by atoms with E-state index in [0.717, 1.165) is 32.1 Å². The normalized spacial score (nSPS) is 23.5. The van der Waals surface area contributed by atoms with Crippen LogP contribution in [0.15, 0.2) is 12.2 Å². The number of unbranched alkanes of at least 4 members (excludes halogenated alkanes) is 7. The van der Waals surface area contributed by atoms with Crippen LogP contribution < -0.4 is 0 Å². The van der Waals surface area contributed by atoms with Gasteiger partial charge in [0, 0.05) is 24.7 Å². The highest BCUT2D eigenvalue weighted by Crippen LogP contribution is 2.34. The summed E-state index contributed by atoms with van der Waals surface area (Å²) in [5.41, 5.74) is 0. The molecule has 6 heteroatoms. The van der Waals surface area contributed by atoms with Gasteiger partial charge in [0.1, 0.15) is 11.9 Å². The summed E-state index contributed by atoms with van der Waals surface area (Å²) in [5.74, 6) is -1.22. The van der Waals surface area contributed by atoms with E-state index in [1.54, 1.807) is 6.08 Å². The standard InChI is InChI=1S/C22H38O6/c1-2-3-4-5-6-8-11-17(28-27)14-15-19-18(20(23)16-21(19)24)12-9-7-10-13-22(25)26/h14-15,17-19,21,24,27H,2-13,16H2,1H3,(H,25,26)/b15-14+/t17?,18-,19-,21-/m1/s1. The molecule has 0 aromatic rings. The van der Waals surface area contributed by atoms with Crippen molar-refractivity contribution in [1.82, 2.24) is 0 Å². The van der Waals surface area contributed by atoms with E-state index >= 15 is 0 Å². The average molecular weight is 399 g/mol. The van der Waals surface area contributed by atoms with E-state index in [0.29, 0.717) is 12.8 Å². The van der Waals surface area contributed by atoms with Crippen LogP contribution in [0.5, 0.6) is 0 Å². The van der Waals surface area contributed by atoms with E-state index in [1.165, 1.54) is 25.7 Å². The van der Waals surface area contributed by atoms with Crippen LogP contribution in [-0.2, 0) is 14.5 Å². The summed E-state index contributed by atoms with van der Waals surface area (Å²) in [6.07, 6.45) is 13.3. The molecule has 0 aliphatic heterocycles. The van der Waals surface area contributed by atoms with Crippen LogP contribution in [0.25, 0.3) is 0 Å². The van der Waals surface area contributed by atoms with Crippen LogP contribution in [0.1, 0.15) is 90.4 Å². The van der Waals surface area contributed by atoms with Gasteiger partial charge in [-0.2, -0.15) is 0 Å². The van der Waals surface area contributed by atoms with Gasteiger partial charge in [0.25, 0.3) is 0 Å². The maximum absolute atomic E-state index is 12.2. The maximum atomic E-state index is 12.2. The summed E-state index contributed by atoms with van der Waals surface area (Å²) >= 11 is 0. The van der Waals surface area contributed by atoms with Gasteiger partial charge in [-0.25, -0.2) is 4.89 Å². The van der Waals surface area contributed by atoms with Gasteiger partial charge in [-0.15, -0.1) is 0 Å². The minimum atomic E-state index is -0.798. The second-order valence-corrected chi connectivity index (χ2v) is 8.00. The molecular formula is C22H38O6. The lowest BCUT2D eigenvalue weighted by Crippen LogP contribution is -2.19. The Morgan fingerprint density at radius 1 is 1.14 bits per heavy atom. The number of Topliss-reactive ketones (excluding diaryl/α,β-unsaturated/α-hetero) is 1. The Hall–Kier alpha value is -1.24. The molecule has 0 saturated heterocycles. The predicted octanol–water partition coefficient (Wildman–Crippen LogP) is 4.75. The first-order chi connectivity index (χ1) is 13.5. The highest BCUT2D eigenvalue weighted by atomic mass is 17.1. The number of rotatable bonds is 16. The number of carboxylic acid groups (broad SMARTS) is 1. The quantitative estimate of drug-likeness (QED) is 0.150. The summed E-state index contributed by atoms with van der Waals surface area (Å²) in [4.78, 5) is 27.3. The number of ketones is 1. The average Bonchev–Trinajstić information content (AvgIpc) is 2.93. The molecule has 0 radical (unpaired) electrons. The van der Waals surface area contributed by atoms with Crippen LogP contribution in [0.4, 0.5) is 0 Å². The molecule has 0 bridgehead atoms. The number of aliphatic hydroxyl groups is 1. The van der Waals surface area contributed by atoms with Crippen molar-refractivity contribution in [3.8, 4) is 0 Å². The maximum Gasteiger partial charge on any atom is 0.303 e. The molecule has 1 unspecified atom stereocenters. The number of hydrogen-bond acceptors (Lipinski definition) is 5. The Morgan fingerprint density at radius 2 is 1.82 bits per heavy atom. The predicted molar refractivity (Wildman–Crippen MR) is 108 cm³/mol. The second-order valence-electron chi connectivity index (χ2n) is 8.00. The number of aliphatic carboxylic acids is 1. The zero-order valence-corrected chi connectivity index (χ0v) is 17.2. The van der Waals surface area contributed by atoms with Gasteiger partial charge in [0.05, 0.1) is 6.10 Å². The first-order valence-corrected chi connectivity index (χ1v) is 10.9. The van der Waals surface area contributed by atoms with Crippen molar-refractivity contribution < 1.29 is 29.9 Å². The zero-order chi connectivity index (χ0) is 20.8. The molecule has 1 saturated carbocycles. The molecule has 1 fully saturated rings. The SMILES string of the molecule is CCCCCCCCC(/C=C/[C@H]1[C@H](O)CC(=O)[C@@H]1CCCCCC(=O)O)OO. The number of hydrogen-bond donors (Lipinski definition) is 3. The van der Waals surface area contributed by atoms with Crippen molar-refractivity contribution in [3.05, 3.63) is 12.2 Å². The molecule has 4 atom stereocenters. The van der Waals surface area contributed by atoms with Crippen LogP contribution in [0.3, 0.4) is 0 Å². The van der Waals surface area contributed by atoms with E-state index in [4.69, 9.17) is 10.4 Å². The van der Waals surface area contributed by atoms with Crippen molar-refractivity contribution in [1.29, 1.82) is 0 Å². The minimum absolute atomic E-state index is 0.0674. The van der Waals surface area contributed by atoms with Crippen molar-refractivity contribution in [2.75, 3.05) is 0 Å². The van der Waals surface area contributed by atoms with Crippen molar-refractivity contribution in [2.45, 2.75) is 103 Å². The van der Waals surface area contributed by atoms with Crippen molar-refractivity contribution in [2.24, 2.45) is 11.8 Å². The van der Waals surface area contributed by atoms with Gasteiger partial charge in [-0.1, -0.05) is 70.4 Å². The molecule has 0 heterocycles. The van der Waals surface area contributed by atoms with Gasteiger partial charge in [0.2, 0.25) is 0 Å². The monoisotopic (exact) mass is 398 g/mol. The lowest BCUT2D eigenvalue weighted by atomic mass is 9.88. The van der Waals surface area contributed by atoms with Crippen LogP contribution in [-0.4, -0.2) is 39.4 Å². The highest BCUT2D eigenvalue weighted by molar-refractivity contribution is 5.84. The van der Waals surface area contributed by atoms with E-state index in [2.05, 4.69) is 11.8 Å². The van der Waals surface area contributed by atoms with Crippen molar-refractivity contribution >= 4 is 11.8 Å². The Balaban J connectivity index is 2.42. The lowest BCUT2D eigenvalue weighted by molar-refractivity contribution is -0.267. The molecule has 0 amide bonds. The Labute approximate surface area is 168 Å². The first-order valence-electron chi connectivity index (χ1n) is 10.9. The summed E-state index contributed by atoms with van der Waals surface area (Å²) in [6.45, 7) is 2.19. The summed E-state index contributed by atoms with van der Waals surface area (Å²) in [6, 6.07) is 0. The Kier molecular flexibility index (Phi) is 13.0. The molecule has 28 heavy (non-hydrogen) atoms. The molecule has 0 aromatic heterocycles. The molecule has 0 spiro atoms. The van der Waals surface area contributed by atoms with Crippen molar-refractivity contribution in [3.63, 3.8) is 0 Å². The zero-order valence-electron chi connectivity index (χ0n) is 17.2. The number of carbonyl (C=O) groups is 2. The highest BCUT2D eigenvalue weighted by Gasteiger charge is 2.39. The lowest BCUT2D eigenvalue weighted by Gasteiger charge is -2.18. The Bertz CT molecular complexity index is 476. The topological polar surface area (TPSA) is 104 Å². The third-order valence-corrected chi connectivity index (χ3v) is 5.66. The molecule has 3 N–H and O–H groups in total. The molecular weight excluding hydrogens is 360 g/mol. The van der Waals surface area contributed by atoms with E-state index in [1.807, 2.05) is 6.08 Å². The van der Waals surface area contributed by atoms with Gasteiger partial charge in [-0.05, 0) is 19.3 Å². The minimum Gasteiger partial charge on any atom is -0.481 e. The molecule has 0 aromatic carbocycles. The molecule has 6 nitrogen and oxygen atoms in total. The fourth-order valence-electron chi connectivity index (χ4n) is 3.97. The van der Waals surface area contributed by atoms with E-state index < -0.39 is 18.2 Å². The molecule has 1 rings (SSSR count). The van der Waals surface area contributed by atoms with E-state index in [9.17, 15) is 14.7 Å². The summed E-state index contributed by atoms with van der Waals surface area (Å²) in [7, 11) is 0. The van der Waals surface area contributed by atoms with Gasteiger partial charge < -0.3 is 10.2 Å². The molecule has 162 valence electrons. The first kappa shape index (κ1) is 24.8. The fraction of sp³-hybridized carbons (Fsp3) is 0.818. The van der Waals surface area contributed by atoms with Crippen LogP contribution >= 0.6 is 0 Å². The number of carboxylic acids is 1. The molecule has 1 aliphatic carbocycles. The van der Waals surface area contributed by atoms with Gasteiger partial charge in [0.15, 0.2) is 0 Å². The summed E-state index contributed by atoms with van der Waals surface area (Å²) < 4.78 is 0. The Morgan fingerprint density at radius 3 is 2.50 bits per heavy atom. The number of carbonyl (C=O) groups excluding carboxylic acids is 1. The van der Waals surface area contributed by atoms with Crippen LogP contribution in [0, 0.1) is 11.8 Å². The third kappa shape index (κ3) is 9.80. The smallest absolute Gasteiger partial charge is 0.303 e. The van der Waals surface area contributed by atoms with Gasteiger partial charge in [-0.3, -0.25) is 14.8 Å². The van der Waals surface area contributed by atoms with E-state index in [-0.39, 0.29) is 30.5 Å². The van der Waals surface area contributed by atoms with Gasteiger partial charge >= 0.3 is 5.97 Å². The third-order valence-electron chi connectivity index (χ3n) is 5.66. The second kappa shape index (κ2) is 14.7. The fourth-order valence-corrected chi connectivity index (χ4v) is 3.97. The summed E-state index contributed by atoms with van der Waals surface area (Å²) in [5, 5.41) is 28.1. The number of aliphatic hydroxyl groups excluding tert-OH is 1. The largest absolute Gasteiger partial charge is 0.481 e. The van der Waals surface area contributed by atoms with Crippen LogP contribution in [0.2, 0.25) is 0 Å². The molecule has 1 aliphatic rings.